The van der Waals surface area contributed by atoms with E-state index in [9.17, 15) is 15.8 Å². The van der Waals surface area contributed by atoms with Crippen molar-refractivity contribution in [3.05, 3.63) is 46.2 Å². The van der Waals surface area contributed by atoms with Crippen LogP contribution in [-0.2, 0) is 0 Å². The summed E-state index contributed by atoms with van der Waals surface area (Å²) in [6.07, 6.45) is 0. The van der Waals surface area contributed by atoms with Gasteiger partial charge in [0.2, 0.25) is 0 Å². The Morgan fingerprint density at radius 2 is 1.69 bits per heavy atom. The molecule has 0 amide bonds. The Morgan fingerprint density at radius 3 is 2.19 bits per heavy atom. The number of nitriles is 4. The minimum Gasteiger partial charge on any atom is -0.292 e. The normalized spacial score (nSPS) is 19.7. The number of allylic oxidation sites excluding steroid dienone is 3. The lowest BCUT2D eigenvalue weighted by molar-refractivity contribution is 0.894. The minimum absolute atomic E-state index is 0.0929. The molecule has 0 aromatic carbocycles. The molecule has 0 fully saturated rings. The van der Waals surface area contributed by atoms with Crippen molar-refractivity contribution in [3.63, 3.8) is 0 Å². The summed E-state index contributed by atoms with van der Waals surface area (Å²) in [5.74, 6) is -0.319. The molecular weight excluding hydrogens is 328 g/mol. The van der Waals surface area contributed by atoms with Gasteiger partial charge in [-0.1, -0.05) is 13.5 Å². The van der Waals surface area contributed by atoms with E-state index < -0.39 is 0 Å². The van der Waals surface area contributed by atoms with Gasteiger partial charge in [0.25, 0.3) is 0 Å². The molecule has 0 saturated heterocycles. The Morgan fingerprint density at radius 1 is 1.08 bits per heavy atom. The van der Waals surface area contributed by atoms with Crippen LogP contribution in [0.5, 0.6) is 0 Å². The predicted molar refractivity (Wildman–Crippen MR) is 92.8 cm³/mol. The van der Waals surface area contributed by atoms with Gasteiger partial charge in [0.05, 0.1) is 23.0 Å². The van der Waals surface area contributed by atoms with Gasteiger partial charge in [-0.15, -0.1) is 0 Å². The maximum Gasteiger partial charge on any atom is 0.177 e. The first-order chi connectivity index (χ1) is 12.4. The number of hydrogen-bond acceptors (Lipinski definition) is 8. The highest BCUT2D eigenvalue weighted by Gasteiger charge is 2.34. The van der Waals surface area contributed by atoms with Gasteiger partial charge in [-0.2, -0.15) is 21.0 Å². The summed E-state index contributed by atoms with van der Waals surface area (Å²) in [6, 6.07) is 7.43. The molecule has 0 radical (unpaired) electrons. The fraction of sp³-hybridized carbons (Fsp3) is 0.222. The summed E-state index contributed by atoms with van der Waals surface area (Å²) in [5, 5.41) is 36.8. The Balaban J connectivity index is 2.93. The van der Waals surface area contributed by atoms with Gasteiger partial charge < -0.3 is 0 Å². The fourth-order valence-electron chi connectivity index (χ4n) is 2.54. The number of nitrogens with zero attached hydrogens (tertiary/aromatic N) is 8. The molecule has 1 atom stereocenters. The van der Waals surface area contributed by atoms with Crippen LogP contribution >= 0.6 is 0 Å². The van der Waals surface area contributed by atoms with Crippen LogP contribution in [0.1, 0.15) is 42.5 Å². The van der Waals surface area contributed by atoms with E-state index in [0.29, 0.717) is 17.0 Å². The standard InChI is InChI=1S/C18H12N8/c1-9(5-19)12(6-20)24-16-10(2)15(23-4)11(3)17-18(16)26-14(8-22)13(7-21)25-17/h11H,2H2,1,3-4H3/b12-9+,23-15?,24-16?. The van der Waals surface area contributed by atoms with Crippen LogP contribution < -0.4 is 0 Å². The molecule has 1 aromatic heterocycles. The van der Waals surface area contributed by atoms with Gasteiger partial charge in [-0.25, -0.2) is 15.0 Å². The minimum atomic E-state index is -0.319. The lowest BCUT2D eigenvalue weighted by Gasteiger charge is -2.26. The van der Waals surface area contributed by atoms with Gasteiger partial charge >= 0.3 is 0 Å². The van der Waals surface area contributed by atoms with Gasteiger partial charge in [-0.3, -0.25) is 4.99 Å². The van der Waals surface area contributed by atoms with Crippen LogP contribution in [0, 0.1) is 45.3 Å². The molecule has 0 bridgehead atoms. The second kappa shape index (κ2) is 7.18. The Bertz CT molecular complexity index is 1070. The molecule has 26 heavy (non-hydrogen) atoms. The topological polar surface area (TPSA) is 146 Å². The van der Waals surface area contributed by atoms with Crippen molar-refractivity contribution in [2.45, 2.75) is 19.8 Å². The van der Waals surface area contributed by atoms with E-state index in [1.165, 1.54) is 6.92 Å². The van der Waals surface area contributed by atoms with Crippen molar-refractivity contribution in [2.24, 2.45) is 9.98 Å². The summed E-state index contributed by atoms with van der Waals surface area (Å²) in [4.78, 5) is 16.9. The van der Waals surface area contributed by atoms with Gasteiger partial charge in [0.15, 0.2) is 17.1 Å². The summed E-state index contributed by atoms with van der Waals surface area (Å²) < 4.78 is 0. The molecule has 8 heteroatoms. The zero-order chi connectivity index (χ0) is 19.4. The third-order valence-corrected chi connectivity index (χ3v) is 3.87. The predicted octanol–water partition coefficient (Wildman–Crippen LogP) is 2.07. The van der Waals surface area contributed by atoms with Crippen LogP contribution in [0.15, 0.2) is 33.4 Å². The number of aliphatic imine (C=N–C) groups is 2. The van der Waals surface area contributed by atoms with Crippen LogP contribution in [0.3, 0.4) is 0 Å². The SMILES string of the molecule is C=C1C(=N/C(C#N)=C(\C)C#N)c2nc(C#N)c(C#N)nc2C(C)C1=NC. The molecular formula is C18H12N8. The van der Waals surface area contributed by atoms with Crippen molar-refractivity contribution in [1.82, 2.24) is 9.97 Å². The van der Waals surface area contributed by atoms with Crippen LogP contribution in [0.4, 0.5) is 0 Å². The smallest absolute Gasteiger partial charge is 0.177 e. The zero-order valence-corrected chi connectivity index (χ0v) is 14.4. The number of aromatic nitrogens is 2. The largest absolute Gasteiger partial charge is 0.292 e. The number of hydrogen-bond donors (Lipinski definition) is 0. The van der Waals surface area contributed by atoms with Crippen LogP contribution in [0.25, 0.3) is 0 Å². The summed E-state index contributed by atoms with van der Waals surface area (Å²) >= 11 is 0. The van der Waals surface area contributed by atoms with Crippen LogP contribution in [-0.4, -0.2) is 28.4 Å². The maximum absolute atomic E-state index is 9.29. The second-order valence-electron chi connectivity index (χ2n) is 5.34. The molecule has 0 spiro atoms. The molecule has 1 aromatic rings. The van der Waals surface area contributed by atoms with Crippen molar-refractivity contribution >= 4 is 11.4 Å². The van der Waals surface area contributed by atoms with E-state index in [4.69, 9.17) is 5.26 Å². The quantitative estimate of drug-likeness (QED) is 0.715. The first-order valence-corrected chi connectivity index (χ1v) is 7.42. The van der Waals surface area contributed by atoms with Crippen LogP contribution in [0.2, 0.25) is 0 Å². The van der Waals surface area contributed by atoms with E-state index in [2.05, 4.69) is 26.5 Å². The van der Waals surface area contributed by atoms with E-state index in [1.54, 1.807) is 7.05 Å². The highest BCUT2D eigenvalue weighted by atomic mass is 14.9. The van der Waals surface area contributed by atoms with Gasteiger partial charge in [0, 0.05) is 18.5 Å². The Labute approximate surface area is 150 Å². The number of fused-ring (bicyclic) bond motifs is 1. The molecule has 1 aliphatic rings. The maximum atomic E-state index is 9.29. The highest BCUT2D eigenvalue weighted by molar-refractivity contribution is 6.33. The average molecular weight is 340 g/mol. The van der Waals surface area contributed by atoms with E-state index in [-0.39, 0.29) is 40.0 Å². The van der Waals surface area contributed by atoms with Gasteiger partial charge in [-0.05, 0) is 6.92 Å². The first kappa shape index (κ1) is 18.2. The summed E-state index contributed by atoms with van der Waals surface area (Å²) in [7, 11) is 1.59. The highest BCUT2D eigenvalue weighted by Crippen LogP contribution is 2.31. The van der Waals surface area contributed by atoms with Crippen molar-refractivity contribution in [3.8, 4) is 24.3 Å². The molecule has 0 aliphatic heterocycles. The Kier molecular flexibility index (Phi) is 5.02. The van der Waals surface area contributed by atoms with E-state index in [0.717, 1.165) is 0 Å². The Hall–Kier alpha value is -4.14. The molecule has 0 saturated carbocycles. The van der Waals surface area contributed by atoms with Crippen molar-refractivity contribution < 1.29 is 0 Å². The lowest BCUT2D eigenvalue weighted by Crippen LogP contribution is -2.30. The van der Waals surface area contributed by atoms with Crippen molar-refractivity contribution in [1.29, 1.82) is 21.0 Å². The molecule has 1 heterocycles. The molecule has 0 N–H and O–H groups in total. The van der Waals surface area contributed by atoms with Gasteiger partial charge in [0.1, 0.15) is 29.6 Å². The zero-order valence-electron chi connectivity index (χ0n) is 14.4. The molecule has 124 valence electrons. The summed E-state index contributed by atoms with van der Waals surface area (Å²) in [5.41, 5.74) is 1.68. The fourth-order valence-corrected chi connectivity index (χ4v) is 2.54. The second-order valence-corrected chi connectivity index (χ2v) is 5.34. The molecule has 1 unspecified atom stereocenters. The average Bonchev–Trinajstić information content (AvgIpc) is 2.66. The van der Waals surface area contributed by atoms with E-state index >= 15 is 0 Å². The van der Waals surface area contributed by atoms with Crippen molar-refractivity contribution in [2.75, 3.05) is 7.05 Å². The molecule has 2 rings (SSSR count). The molecule has 1 aliphatic carbocycles. The monoisotopic (exact) mass is 340 g/mol. The first-order valence-electron chi connectivity index (χ1n) is 7.42. The van der Waals surface area contributed by atoms with E-state index in [1.807, 2.05) is 31.2 Å². The lowest BCUT2D eigenvalue weighted by atomic mass is 9.83. The number of rotatable bonds is 1. The molecule has 8 nitrogen and oxygen atoms in total. The summed E-state index contributed by atoms with van der Waals surface area (Å²) in [6.45, 7) is 7.27. The third-order valence-electron chi connectivity index (χ3n) is 3.87. The third kappa shape index (κ3) is 2.84.